The number of nitrogens with two attached hydrogens (primary N) is 3. The van der Waals surface area contributed by atoms with Crippen molar-refractivity contribution in [1.82, 2.24) is 16.0 Å². The molecule has 0 aliphatic heterocycles. The zero-order valence-electron chi connectivity index (χ0n) is 15.0. The van der Waals surface area contributed by atoms with Crippen LogP contribution in [0.1, 0.15) is 19.8 Å². The molecule has 27 heavy (non-hydrogen) atoms. The number of carboxylic acid groups (broad SMARTS) is 1. The second-order valence-corrected chi connectivity index (χ2v) is 5.64. The number of aliphatic imine (C=N–C) groups is 1. The zero-order valence-corrected chi connectivity index (χ0v) is 15.0. The van der Waals surface area contributed by atoms with E-state index < -0.39 is 55.0 Å². The van der Waals surface area contributed by atoms with Crippen molar-refractivity contribution in [3.05, 3.63) is 0 Å². The molecule has 13 heteroatoms. The van der Waals surface area contributed by atoms with E-state index in [1.807, 2.05) is 0 Å². The molecule has 11 N–H and O–H groups in total. The first-order valence-electron chi connectivity index (χ1n) is 8.10. The summed E-state index contributed by atoms with van der Waals surface area (Å²) >= 11 is 0. The molecule has 0 aromatic rings. The Kier molecular flexibility index (Phi) is 11.1. The number of carbonyl (C=O) groups excluding carboxylic acids is 3. The van der Waals surface area contributed by atoms with Crippen LogP contribution in [0.3, 0.4) is 0 Å². The van der Waals surface area contributed by atoms with Crippen molar-refractivity contribution in [3.63, 3.8) is 0 Å². The molecule has 0 aromatic heterocycles. The van der Waals surface area contributed by atoms with Gasteiger partial charge in [-0.15, -0.1) is 0 Å². The molecule has 0 aromatic carbocycles. The molecular formula is C14H27N7O6. The van der Waals surface area contributed by atoms with Gasteiger partial charge in [0.1, 0.15) is 18.1 Å². The molecule has 0 spiro atoms. The van der Waals surface area contributed by atoms with Crippen LogP contribution in [0.4, 0.5) is 0 Å². The molecule has 154 valence electrons. The summed E-state index contributed by atoms with van der Waals surface area (Å²) in [4.78, 5) is 50.0. The van der Waals surface area contributed by atoms with Crippen molar-refractivity contribution in [2.75, 3.05) is 19.7 Å². The third-order valence-corrected chi connectivity index (χ3v) is 3.29. The topological polar surface area (TPSA) is 235 Å². The van der Waals surface area contributed by atoms with Gasteiger partial charge in [-0.05, 0) is 19.8 Å². The third-order valence-electron chi connectivity index (χ3n) is 3.29. The number of rotatable bonds is 12. The number of carboxylic acids is 1. The highest BCUT2D eigenvalue weighted by molar-refractivity contribution is 5.92. The average Bonchev–Trinajstić information content (AvgIpc) is 2.60. The summed E-state index contributed by atoms with van der Waals surface area (Å²) in [5.41, 5.74) is 15.6. The molecule has 0 aliphatic carbocycles. The molecule has 0 saturated heterocycles. The Morgan fingerprint density at radius 3 is 2.26 bits per heavy atom. The van der Waals surface area contributed by atoms with Gasteiger partial charge >= 0.3 is 5.97 Å². The lowest BCUT2D eigenvalue weighted by molar-refractivity contribution is -0.142. The molecule has 0 saturated carbocycles. The molecule has 0 radical (unpaired) electrons. The summed E-state index contributed by atoms with van der Waals surface area (Å²) in [6, 6.07) is -3.37. The zero-order chi connectivity index (χ0) is 21.0. The molecule has 0 rings (SSSR count). The van der Waals surface area contributed by atoms with Crippen molar-refractivity contribution < 1.29 is 29.4 Å². The molecular weight excluding hydrogens is 362 g/mol. The SMILES string of the molecule is CC(NC(=O)CNC(=O)C(N)CO)C(=O)NC(CCCN=C(N)N)C(=O)O. The molecule has 0 aliphatic rings. The maximum atomic E-state index is 12.0. The summed E-state index contributed by atoms with van der Waals surface area (Å²) in [7, 11) is 0. The Hall–Kier alpha value is -2.93. The number of nitrogens with zero attached hydrogens (tertiary/aromatic N) is 1. The van der Waals surface area contributed by atoms with Gasteiger partial charge in [0, 0.05) is 6.54 Å². The van der Waals surface area contributed by atoms with Crippen molar-refractivity contribution in [2.45, 2.75) is 37.9 Å². The number of aliphatic carboxylic acids is 1. The second kappa shape index (κ2) is 12.4. The van der Waals surface area contributed by atoms with Crippen molar-refractivity contribution in [3.8, 4) is 0 Å². The van der Waals surface area contributed by atoms with Crippen molar-refractivity contribution >= 4 is 29.7 Å². The van der Waals surface area contributed by atoms with Gasteiger partial charge < -0.3 is 43.4 Å². The number of carbonyl (C=O) groups is 4. The van der Waals surface area contributed by atoms with Crippen LogP contribution in [0.2, 0.25) is 0 Å². The summed E-state index contributed by atoms with van der Waals surface area (Å²) in [6.45, 7) is 0.536. The smallest absolute Gasteiger partial charge is 0.326 e. The highest BCUT2D eigenvalue weighted by atomic mass is 16.4. The second-order valence-electron chi connectivity index (χ2n) is 5.64. The molecule has 0 bridgehead atoms. The predicted molar refractivity (Wildman–Crippen MR) is 95.2 cm³/mol. The van der Waals surface area contributed by atoms with Crippen molar-refractivity contribution in [1.29, 1.82) is 0 Å². The van der Waals surface area contributed by atoms with Crippen LogP contribution in [0.15, 0.2) is 4.99 Å². The van der Waals surface area contributed by atoms with Gasteiger partial charge in [0.05, 0.1) is 13.2 Å². The lowest BCUT2D eigenvalue weighted by Gasteiger charge is -2.19. The largest absolute Gasteiger partial charge is 0.480 e. The van der Waals surface area contributed by atoms with Gasteiger partial charge in [-0.2, -0.15) is 0 Å². The maximum absolute atomic E-state index is 12.0. The van der Waals surface area contributed by atoms with E-state index in [1.165, 1.54) is 6.92 Å². The summed E-state index contributed by atoms with van der Waals surface area (Å²) in [5.74, 6) is -3.48. The first kappa shape index (κ1) is 24.1. The minimum absolute atomic E-state index is 0.0909. The number of nitrogens with one attached hydrogen (secondary N) is 3. The van der Waals surface area contributed by atoms with Gasteiger partial charge in [0.2, 0.25) is 17.7 Å². The fourth-order valence-electron chi connectivity index (χ4n) is 1.80. The van der Waals surface area contributed by atoms with Crippen LogP contribution in [-0.4, -0.2) is 77.7 Å². The van der Waals surface area contributed by atoms with Crippen LogP contribution < -0.4 is 33.2 Å². The Morgan fingerprint density at radius 2 is 1.74 bits per heavy atom. The minimum atomic E-state index is -1.24. The van der Waals surface area contributed by atoms with Crippen LogP contribution in [0.25, 0.3) is 0 Å². The van der Waals surface area contributed by atoms with Crippen molar-refractivity contribution in [2.24, 2.45) is 22.2 Å². The van der Waals surface area contributed by atoms with E-state index in [1.54, 1.807) is 0 Å². The number of amides is 3. The molecule has 0 fully saturated rings. The monoisotopic (exact) mass is 389 g/mol. The van der Waals surface area contributed by atoms with Gasteiger partial charge in [0.25, 0.3) is 0 Å². The summed E-state index contributed by atoms with van der Waals surface area (Å²) in [5, 5.41) is 24.6. The third kappa shape index (κ3) is 10.6. The standard InChI is InChI=1S/C14H27N7O6/c1-7(20-10(23)5-19-12(25)8(15)6-22)11(24)21-9(13(26)27)3-2-4-18-14(16)17/h7-9,22H,2-6,15H2,1H3,(H,19,25)(H,20,23)(H,21,24)(H,26,27)(H4,16,17,18). The predicted octanol–water partition coefficient (Wildman–Crippen LogP) is -4.45. The highest BCUT2D eigenvalue weighted by Gasteiger charge is 2.23. The Bertz CT molecular complexity index is 564. The summed E-state index contributed by atoms with van der Waals surface area (Å²) in [6.07, 6.45) is 0.417. The Morgan fingerprint density at radius 1 is 1.11 bits per heavy atom. The van der Waals surface area contributed by atoms with Gasteiger partial charge in [-0.1, -0.05) is 0 Å². The van der Waals surface area contributed by atoms with E-state index in [0.29, 0.717) is 6.42 Å². The molecule has 3 atom stereocenters. The Labute approximate surface area is 155 Å². The Balaban J connectivity index is 4.42. The summed E-state index contributed by atoms with van der Waals surface area (Å²) < 4.78 is 0. The number of hydrogen-bond donors (Lipinski definition) is 8. The lowest BCUT2D eigenvalue weighted by atomic mass is 10.1. The van der Waals surface area contributed by atoms with E-state index >= 15 is 0 Å². The maximum Gasteiger partial charge on any atom is 0.326 e. The number of aliphatic hydroxyl groups excluding tert-OH is 1. The number of hydrogen-bond acceptors (Lipinski definition) is 7. The van der Waals surface area contributed by atoms with Gasteiger partial charge in [-0.25, -0.2) is 4.79 Å². The molecule has 0 heterocycles. The van der Waals surface area contributed by atoms with Crippen LogP contribution in [0.5, 0.6) is 0 Å². The van der Waals surface area contributed by atoms with Gasteiger partial charge in [0.15, 0.2) is 5.96 Å². The molecule has 13 nitrogen and oxygen atoms in total. The normalized spacial score (nSPS) is 13.6. The van der Waals surface area contributed by atoms with E-state index in [-0.39, 0.29) is 18.9 Å². The fourth-order valence-corrected chi connectivity index (χ4v) is 1.80. The number of guanidine groups is 1. The number of aliphatic hydroxyl groups is 1. The average molecular weight is 389 g/mol. The van der Waals surface area contributed by atoms with E-state index in [4.69, 9.17) is 27.4 Å². The molecule has 3 amide bonds. The van der Waals surface area contributed by atoms with Crippen LogP contribution in [-0.2, 0) is 19.2 Å². The quantitative estimate of drug-likeness (QED) is 0.0911. The first-order chi connectivity index (χ1) is 12.6. The van der Waals surface area contributed by atoms with Gasteiger partial charge in [-0.3, -0.25) is 19.4 Å². The lowest BCUT2D eigenvalue weighted by Crippen LogP contribution is -2.52. The minimum Gasteiger partial charge on any atom is -0.480 e. The van der Waals surface area contributed by atoms with E-state index in [0.717, 1.165) is 0 Å². The molecule has 3 unspecified atom stereocenters. The van der Waals surface area contributed by atoms with Crippen LogP contribution >= 0.6 is 0 Å². The van der Waals surface area contributed by atoms with E-state index in [2.05, 4.69) is 20.9 Å². The van der Waals surface area contributed by atoms with E-state index in [9.17, 15) is 19.2 Å². The van der Waals surface area contributed by atoms with Crippen LogP contribution in [0, 0.1) is 0 Å². The first-order valence-corrected chi connectivity index (χ1v) is 8.10. The highest BCUT2D eigenvalue weighted by Crippen LogP contribution is 1.99. The fraction of sp³-hybridized carbons (Fsp3) is 0.643.